The van der Waals surface area contributed by atoms with Crippen molar-refractivity contribution in [1.29, 1.82) is 0 Å². The van der Waals surface area contributed by atoms with E-state index < -0.39 is 5.72 Å². The van der Waals surface area contributed by atoms with Gasteiger partial charge in [0, 0.05) is 34.8 Å². The summed E-state index contributed by atoms with van der Waals surface area (Å²) in [6.45, 7) is 5.41. The molecule has 1 N–H and O–H groups in total. The van der Waals surface area contributed by atoms with Crippen LogP contribution in [-0.2, 0) is 11.8 Å². The van der Waals surface area contributed by atoms with E-state index in [-0.39, 0.29) is 5.41 Å². The molecule has 0 amide bonds. The number of para-hydroxylation sites is 2. The monoisotopic (exact) mass is 431 g/mol. The minimum Gasteiger partial charge on any atom is -0.460 e. The van der Waals surface area contributed by atoms with Crippen LogP contribution in [0.4, 0.5) is 22.7 Å². The summed E-state index contributed by atoms with van der Waals surface area (Å²) in [6.07, 6.45) is 3.01. The quantitative estimate of drug-likeness (QED) is 0.363. The van der Waals surface area contributed by atoms with Gasteiger partial charge in [0.05, 0.1) is 17.3 Å². The van der Waals surface area contributed by atoms with Crippen molar-refractivity contribution in [2.45, 2.75) is 31.4 Å². The number of anilines is 3. The van der Waals surface area contributed by atoms with Gasteiger partial charge in [0.25, 0.3) is 0 Å². The highest BCUT2D eigenvalue weighted by molar-refractivity contribution is 6.07. The topological polar surface area (TPSA) is 36.9 Å². The molecule has 1 unspecified atom stereocenters. The average Bonchev–Trinajstić information content (AvgIpc) is 3.35. The van der Waals surface area contributed by atoms with Crippen molar-refractivity contribution < 1.29 is 4.74 Å². The fraction of sp³-hybridized carbons (Fsp3) is 0.207. The van der Waals surface area contributed by atoms with E-state index in [1.807, 2.05) is 6.21 Å². The van der Waals surface area contributed by atoms with Crippen LogP contribution >= 0.6 is 0 Å². The fourth-order valence-electron chi connectivity index (χ4n) is 5.73. The number of rotatable bonds is 1. The Bertz CT molecular complexity index is 1470. The number of benzene rings is 4. The summed E-state index contributed by atoms with van der Waals surface area (Å²) in [5.41, 5.74) is 6.09. The second-order valence-electron chi connectivity index (χ2n) is 9.71. The number of fused-ring (bicyclic) bond motifs is 5. The van der Waals surface area contributed by atoms with Crippen LogP contribution in [0.2, 0.25) is 0 Å². The lowest BCUT2D eigenvalue weighted by Crippen LogP contribution is -2.56. The Hall–Kier alpha value is -3.79. The molecule has 0 saturated heterocycles. The Morgan fingerprint density at radius 3 is 2.52 bits per heavy atom. The first-order valence-electron chi connectivity index (χ1n) is 11.6. The van der Waals surface area contributed by atoms with Crippen LogP contribution in [0.5, 0.6) is 5.75 Å². The SMILES string of the molecule is CC1(C)c2ccccc2NC12C=Nc1c(cc(N3CCc4ccccc43)c3ccccc13)O2. The maximum absolute atomic E-state index is 6.89. The van der Waals surface area contributed by atoms with Gasteiger partial charge in [-0.1, -0.05) is 60.7 Å². The molecule has 162 valence electrons. The highest BCUT2D eigenvalue weighted by Gasteiger charge is 2.55. The molecular weight excluding hydrogens is 406 g/mol. The van der Waals surface area contributed by atoms with Crippen LogP contribution < -0.4 is 15.0 Å². The molecule has 0 radical (unpaired) electrons. The minimum atomic E-state index is -0.730. The molecule has 7 rings (SSSR count). The molecule has 0 fully saturated rings. The minimum absolute atomic E-state index is 0.281. The van der Waals surface area contributed by atoms with Gasteiger partial charge in [-0.05, 0) is 43.5 Å². The summed E-state index contributed by atoms with van der Waals surface area (Å²) >= 11 is 0. The van der Waals surface area contributed by atoms with Gasteiger partial charge >= 0.3 is 0 Å². The maximum Gasteiger partial charge on any atom is 0.226 e. The molecule has 3 aliphatic heterocycles. The van der Waals surface area contributed by atoms with Gasteiger partial charge in [-0.15, -0.1) is 0 Å². The fourth-order valence-corrected chi connectivity index (χ4v) is 5.73. The van der Waals surface area contributed by atoms with E-state index >= 15 is 0 Å². The Labute approximate surface area is 193 Å². The smallest absolute Gasteiger partial charge is 0.226 e. The Kier molecular flexibility index (Phi) is 3.63. The summed E-state index contributed by atoms with van der Waals surface area (Å²) in [5, 5.41) is 5.97. The zero-order valence-electron chi connectivity index (χ0n) is 18.8. The lowest BCUT2D eigenvalue weighted by atomic mass is 9.78. The normalized spacial score (nSPS) is 21.5. The third kappa shape index (κ3) is 2.44. The number of hydrogen-bond donors (Lipinski definition) is 1. The molecule has 4 aromatic rings. The molecule has 1 atom stereocenters. The van der Waals surface area contributed by atoms with Gasteiger partial charge in [-0.2, -0.15) is 0 Å². The summed E-state index contributed by atoms with van der Waals surface area (Å²) in [7, 11) is 0. The van der Waals surface area contributed by atoms with Gasteiger partial charge in [0.15, 0.2) is 5.75 Å². The van der Waals surface area contributed by atoms with Gasteiger partial charge < -0.3 is 15.0 Å². The zero-order chi connectivity index (χ0) is 22.2. The molecule has 4 nitrogen and oxygen atoms in total. The Morgan fingerprint density at radius 2 is 1.64 bits per heavy atom. The van der Waals surface area contributed by atoms with E-state index in [1.54, 1.807) is 0 Å². The number of hydrogen-bond acceptors (Lipinski definition) is 4. The highest BCUT2D eigenvalue weighted by Crippen LogP contribution is 2.53. The standard InChI is InChI=1S/C29H25N3O/c1-28(2)22-12-6-7-13-23(22)31-29(28)18-30-27-21-11-5-4-10-20(21)25(17-26(27)33-29)32-16-15-19-9-3-8-14-24(19)32/h3-14,17-18,31H,15-16H2,1-2H3. The third-order valence-corrected chi connectivity index (χ3v) is 7.63. The van der Waals surface area contributed by atoms with Gasteiger partial charge in [-0.25, -0.2) is 0 Å². The first-order chi connectivity index (χ1) is 16.1. The summed E-state index contributed by atoms with van der Waals surface area (Å²) in [5.74, 6) is 0.823. The van der Waals surface area contributed by atoms with Crippen molar-refractivity contribution in [2.75, 3.05) is 16.8 Å². The molecule has 0 aliphatic carbocycles. The molecule has 4 heteroatoms. The molecule has 33 heavy (non-hydrogen) atoms. The van der Waals surface area contributed by atoms with Gasteiger partial charge in [0.1, 0.15) is 5.69 Å². The molecule has 0 aromatic heterocycles. The number of ether oxygens (including phenoxy) is 1. The van der Waals surface area contributed by atoms with Crippen molar-refractivity contribution in [3.63, 3.8) is 0 Å². The first kappa shape index (κ1) is 18.8. The van der Waals surface area contributed by atoms with E-state index in [2.05, 4.69) is 103 Å². The van der Waals surface area contributed by atoms with Crippen LogP contribution in [0.3, 0.4) is 0 Å². The summed E-state index contributed by atoms with van der Waals surface area (Å²) < 4.78 is 6.89. The average molecular weight is 432 g/mol. The van der Waals surface area contributed by atoms with Crippen LogP contribution in [0, 0.1) is 0 Å². The van der Waals surface area contributed by atoms with Gasteiger partial charge in [-0.3, -0.25) is 4.99 Å². The second-order valence-corrected chi connectivity index (χ2v) is 9.71. The van der Waals surface area contributed by atoms with Crippen molar-refractivity contribution in [3.05, 3.63) is 90.0 Å². The van der Waals surface area contributed by atoms with E-state index in [1.165, 1.54) is 27.9 Å². The molecule has 0 saturated carbocycles. The van der Waals surface area contributed by atoms with Gasteiger partial charge in [0.2, 0.25) is 5.72 Å². The van der Waals surface area contributed by atoms with Crippen LogP contribution in [-0.4, -0.2) is 18.5 Å². The number of aliphatic imine (C=N–C) groups is 1. The third-order valence-electron chi connectivity index (χ3n) is 7.63. The lowest BCUT2D eigenvalue weighted by Gasteiger charge is -2.41. The van der Waals surface area contributed by atoms with E-state index in [0.717, 1.165) is 35.5 Å². The Morgan fingerprint density at radius 1 is 0.879 bits per heavy atom. The van der Waals surface area contributed by atoms with Crippen LogP contribution in [0.1, 0.15) is 25.0 Å². The zero-order valence-corrected chi connectivity index (χ0v) is 18.8. The number of nitrogens with zero attached hydrogens (tertiary/aromatic N) is 2. The second kappa shape index (κ2) is 6.38. The van der Waals surface area contributed by atoms with Crippen molar-refractivity contribution in [3.8, 4) is 5.75 Å². The number of nitrogens with one attached hydrogen (secondary N) is 1. The van der Waals surface area contributed by atoms with Crippen molar-refractivity contribution in [1.82, 2.24) is 0 Å². The highest BCUT2D eigenvalue weighted by atomic mass is 16.5. The largest absolute Gasteiger partial charge is 0.460 e. The maximum atomic E-state index is 6.89. The molecular formula is C29H25N3O. The van der Waals surface area contributed by atoms with Crippen LogP contribution in [0.15, 0.2) is 83.9 Å². The van der Waals surface area contributed by atoms with E-state index in [9.17, 15) is 0 Å². The van der Waals surface area contributed by atoms with Crippen LogP contribution in [0.25, 0.3) is 10.8 Å². The van der Waals surface area contributed by atoms with E-state index in [0.29, 0.717) is 0 Å². The summed E-state index contributed by atoms with van der Waals surface area (Å²) in [6, 6.07) is 27.9. The molecule has 0 bridgehead atoms. The Balaban J connectivity index is 1.41. The molecule has 3 heterocycles. The molecule has 3 aliphatic rings. The van der Waals surface area contributed by atoms with Crippen molar-refractivity contribution in [2.24, 2.45) is 4.99 Å². The van der Waals surface area contributed by atoms with E-state index in [4.69, 9.17) is 9.73 Å². The molecule has 1 spiro atoms. The lowest BCUT2D eigenvalue weighted by molar-refractivity contribution is 0.107. The molecule has 4 aromatic carbocycles. The first-order valence-corrected chi connectivity index (χ1v) is 11.6. The predicted molar refractivity (Wildman–Crippen MR) is 136 cm³/mol. The predicted octanol–water partition coefficient (Wildman–Crippen LogP) is 6.73. The summed E-state index contributed by atoms with van der Waals surface area (Å²) in [4.78, 5) is 7.44. The van der Waals surface area contributed by atoms with Crippen molar-refractivity contribution >= 4 is 39.7 Å².